The first-order chi connectivity index (χ1) is 30.8. The molecule has 1 amide bonds. The molecule has 0 radical (unpaired) electrons. The van der Waals surface area contributed by atoms with E-state index in [-0.39, 0.29) is 51.1 Å². The van der Waals surface area contributed by atoms with Gasteiger partial charge in [0.25, 0.3) is 11.7 Å². The van der Waals surface area contributed by atoms with Crippen molar-refractivity contribution >= 4 is 40.3 Å². The van der Waals surface area contributed by atoms with Crippen LogP contribution in [0.2, 0.25) is 0 Å². The average Bonchev–Trinajstić information content (AvgIpc) is 3.54. The third-order valence-electron chi connectivity index (χ3n) is 12.9. The van der Waals surface area contributed by atoms with E-state index < -0.39 is 88.8 Å². The number of aliphatic hydroxyl groups excluding tert-OH is 2. The first kappa shape index (κ1) is 52.5. The predicted octanol–water partition coefficient (Wildman–Crippen LogP) is 9.03. The van der Waals surface area contributed by atoms with E-state index in [1.165, 1.54) is 91.7 Å². The van der Waals surface area contributed by atoms with Crippen molar-refractivity contribution in [1.82, 2.24) is 0 Å². The molecule has 0 saturated carbocycles. The lowest BCUT2D eigenvalue weighted by Gasteiger charge is -2.38. The van der Waals surface area contributed by atoms with Crippen LogP contribution < -0.4 is 10.1 Å². The van der Waals surface area contributed by atoms with Crippen molar-refractivity contribution in [2.24, 2.45) is 28.8 Å². The molecule has 0 aromatic heterocycles. The van der Waals surface area contributed by atoms with Crippen molar-refractivity contribution in [2.75, 3.05) is 19.0 Å². The number of phenolic OH excluding ortho intramolecular Hbond substituents is 3. The van der Waals surface area contributed by atoms with Crippen LogP contribution in [-0.4, -0.2) is 93.3 Å². The fourth-order valence-electron chi connectivity index (χ4n) is 8.67. The lowest BCUT2D eigenvalue weighted by molar-refractivity contribution is -0.160. The lowest BCUT2D eigenvalue weighted by Crippen LogP contribution is -2.46. The van der Waals surface area contributed by atoms with Crippen molar-refractivity contribution in [3.05, 3.63) is 52.8 Å². The number of allylic oxidation sites excluding steroid dienone is 2. The number of oxime groups is 1. The third-order valence-corrected chi connectivity index (χ3v) is 12.9. The summed E-state index contributed by atoms with van der Waals surface area (Å²) in [5.41, 5.74) is -0.526. The quantitative estimate of drug-likeness (QED) is 0.0245. The summed E-state index contributed by atoms with van der Waals surface area (Å²) in [5, 5.41) is 64.6. The van der Waals surface area contributed by atoms with E-state index in [4.69, 9.17) is 23.8 Å². The van der Waals surface area contributed by atoms with Crippen molar-refractivity contribution < 1.29 is 63.7 Å². The van der Waals surface area contributed by atoms with E-state index in [1.54, 1.807) is 39.8 Å². The zero-order chi connectivity index (χ0) is 48.2. The highest BCUT2D eigenvalue weighted by Crippen LogP contribution is 2.55. The molecule has 0 aliphatic carbocycles. The topological polar surface area (TPSA) is 223 Å². The normalized spacial score (nSPS) is 28.4. The van der Waals surface area contributed by atoms with Gasteiger partial charge < -0.3 is 54.6 Å². The Morgan fingerprint density at radius 3 is 2.11 bits per heavy atom. The maximum Gasteiger partial charge on any atom is 0.312 e. The Hall–Kier alpha value is -5.12. The molecule has 9 atom stereocenters. The van der Waals surface area contributed by atoms with Crippen molar-refractivity contribution in [3.8, 4) is 23.0 Å². The molecular weight excluding hydrogens is 837 g/mol. The number of ether oxygens (including phenoxy) is 4. The maximum atomic E-state index is 14.5. The molecule has 2 aromatic carbocycles. The summed E-state index contributed by atoms with van der Waals surface area (Å²) in [6, 6.07) is 0. The first-order valence-electron chi connectivity index (χ1n) is 23.1. The number of rotatable bonds is 15. The van der Waals surface area contributed by atoms with Gasteiger partial charge in [-0.1, -0.05) is 109 Å². The molecule has 6 N–H and O–H groups in total. The number of ketones is 1. The minimum atomic E-state index is -2.06. The third kappa shape index (κ3) is 12.4. The fraction of sp³-hybridized carbons (Fsp3) is 0.600. The molecule has 15 heteroatoms. The number of anilines is 1. The molecule has 2 aromatic rings. The maximum absolute atomic E-state index is 14.5. The van der Waals surface area contributed by atoms with E-state index in [1.807, 2.05) is 0 Å². The number of esters is 1. The second-order valence-electron chi connectivity index (χ2n) is 17.9. The largest absolute Gasteiger partial charge is 0.507 e. The highest BCUT2D eigenvalue weighted by molar-refractivity contribution is 6.23. The Balaban J connectivity index is 1.80. The highest BCUT2D eigenvalue weighted by Gasteiger charge is 2.50. The van der Waals surface area contributed by atoms with Crippen LogP contribution in [0.4, 0.5) is 5.69 Å². The van der Waals surface area contributed by atoms with Crippen LogP contribution in [0.25, 0.3) is 10.8 Å². The molecule has 65 heavy (non-hydrogen) atoms. The van der Waals surface area contributed by atoms with Crippen molar-refractivity contribution in [2.45, 2.75) is 157 Å². The summed E-state index contributed by atoms with van der Waals surface area (Å²) >= 11 is 0. The highest BCUT2D eigenvalue weighted by atomic mass is 16.7. The van der Waals surface area contributed by atoms with Gasteiger partial charge in [0.15, 0.2) is 5.75 Å². The standard InChI is InChI=1S/C50H72N2O13/c1-11-12-13-14-15-16-17-18-19-20-25-63-51-27-35-40-45(58)38-37(44(35)57)39-47(33(7)43(38)56)65-50(9,48(39)59)62-26-24-36(61-10)30(4)46(64-34(8)53)32(6)42(55)31(5)41(54)28(2)22-21-23-29(3)49(60)52-40/h21-24,26-28,30-32,36,41-42,46,54-58H,11-20,25H2,1-10H3,(H,52,60)/b22-21-,26-24-,29-23-,51-27+/t28-,30+,31+,32+,36-,41-,42+,46+,50-/m0/s1. The zero-order valence-corrected chi connectivity index (χ0v) is 39.8. The Morgan fingerprint density at radius 1 is 0.862 bits per heavy atom. The Bertz CT molecular complexity index is 2110. The summed E-state index contributed by atoms with van der Waals surface area (Å²) in [6.45, 7) is 15.0. The van der Waals surface area contributed by atoms with Crippen molar-refractivity contribution in [1.29, 1.82) is 0 Å². The molecule has 360 valence electrons. The van der Waals surface area contributed by atoms with E-state index in [2.05, 4.69) is 17.4 Å². The van der Waals surface area contributed by atoms with Gasteiger partial charge >= 0.3 is 11.8 Å². The molecule has 3 heterocycles. The number of hydrogen-bond acceptors (Lipinski definition) is 14. The number of phenols is 3. The number of methoxy groups -OCH3 is 1. The van der Waals surface area contributed by atoms with Gasteiger partial charge in [-0.25, -0.2) is 0 Å². The number of nitrogens with zero attached hydrogens (tertiary/aromatic N) is 1. The van der Waals surface area contributed by atoms with Gasteiger partial charge in [0.05, 0.1) is 53.0 Å². The van der Waals surface area contributed by atoms with Crippen molar-refractivity contribution in [3.63, 3.8) is 0 Å². The van der Waals surface area contributed by atoms with Gasteiger partial charge in [-0.3, -0.25) is 14.4 Å². The number of amides is 1. The smallest absolute Gasteiger partial charge is 0.312 e. The summed E-state index contributed by atoms with van der Waals surface area (Å²) in [4.78, 5) is 46.2. The second-order valence-corrected chi connectivity index (χ2v) is 17.9. The summed E-state index contributed by atoms with van der Waals surface area (Å²) in [7, 11) is 1.44. The van der Waals surface area contributed by atoms with Crippen LogP contribution in [0.15, 0.2) is 41.3 Å². The number of hydrogen-bond donors (Lipinski definition) is 6. The van der Waals surface area contributed by atoms with Crippen LogP contribution in [0.3, 0.4) is 0 Å². The van der Waals surface area contributed by atoms with Crippen LogP contribution in [0, 0.1) is 30.6 Å². The first-order valence-corrected chi connectivity index (χ1v) is 23.1. The Labute approximate surface area is 383 Å². The number of aromatic hydroxyl groups is 3. The predicted molar refractivity (Wildman–Crippen MR) is 249 cm³/mol. The number of nitrogens with one attached hydrogen (secondary N) is 1. The monoisotopic (exact) mass is 909 g/mol. The fourth-order valence-corrected chi connectivity index (χ4v) is 8.67. The Kier molecular flexibility index (Phi) is 19.3. The minimum absolute atomic E-state index is 0.0443. The number of unbranched alkanes of at least 4 members (excludes halogenated alkanes) is 9. The van der Waals surface area contributed by atoms with Gasteiger partial charge in [0.1, 0.15) is 30.0 Å². The van der Waals surface area contributed by atoms with E-state index in [0.29, 0.717) is 0 Å². The second kappa shape index (κ2) is 23.9. The SMILES string of the molecule is CCCCCCCCCCCCO/N=C/c1c2c(O)c3c(O)c(C)c4c(c3c1O)C(=O)[C@@](C)(O/C=C\[C@H](OC)[C@@H](C)[C@@H](OC(C)=O)[C@H](C)[C@H](O)[C@H](C)[C@@H](O)[C@@H](C)/C=C\C=C(\C)C(=O)N2)O4. The molecule has 0 unspecified atom stereocenters. The van der Waals surface area contributed by atoms with E-state index >= 15 is 0 Å². The van der Waals surface area contributed by atoms with Gasteiger partial charge in [-0.05, 0) is 32.8 Å². The van der Waals surface area contributed by atoms with Gasteiger partial charge in [-0.2, -0.15) is 0 Å². The number of Topliss-reactive ketones (excluding diaryl/α,β-unsaturated/α-hetero) is 1. The van der Waals surface area contributed by atoms with Crippen LogP contribution in [0.5, 0.6) is 23.0 Å². The zero-order valence-electron chi connectivity index (χ0n) is 39.8. The molecule has 3 aliphatic rings. The number of carbonyl (C=O) groups excluding carboxylic acids is 3. The minimum Gasteiger partial charge on any atom is -0.507 e. The molecule has 5 rings (SSSR count). The van der Waals surface area contributed by atoms with Gasteiger partial charge in [0.2, 0.25) is 0 Å². The van der Waals surface area contributed by atoms with Crippen LogP contribution >= 0.6 is 0 Å². The van der Waals surface area contributed by atoms with Gasteiger partial charge in [-0.15, -0.1) is 0 Å². The van der Waals surface area contributed by atoms with Gasteiger partial charge in [0, 0.05) is 61.2 Å². The summed E-state index contributed by atoms with van der Waals surface area (Å²) < 4.78 is 23.6. The molecule has 0 saturated heterocycles. The van der Waals surface area contributed by atoms with E-state index in [9.17, 15) is 39.9 Å². The average molecular weight is 909 g/mol. The lowest BCUT2D eigenvalue weighted by atomic mass is 9.78. The molecular formula is C50H72N2O13. The number of benzene rings is 2. The molecule has 5 bridgehead atoms. The molecule has 15 nitrogen and oxygen atoms in total. The number of aliphatic hydroxyl groups is 2. The Morgan fingerprint density at radius 2 is 1.49 bits per heavy atom. The van der Waals surface area contributed by atoms with Crippen LogP contribution in [-0.2, 0) is 28.6 Å². The molecule has 0 fully saturated rings. The summed E-state index contributed by atoms with van der Waals surface area (Å²) in [5.74, 6) is -8.53. The van der Waals surface area contributed by atoms with E-state index in [0.717, 1.165) is 31.9 Å². The summed E-state index contributed by atoms with van der Waals surface area (Å²) in [6.07, 6.45) is 16.0. The van der Waals surface area contributed by atoms with Crippen LogP contribution in [0.1, 0.15) is 141 Å². The number of fused-ring (bicyclic) bond motifs is 14. The number of carbonyl (C=O) groups is 3. The molecule has 3 aliphatic heterocycles. The molecule has 0 spiro atoms.